The van der Waals surface area contributed by atoms with E-state index in [-0.39, 0.29) is 11.8 Å². The summed E-state index contributed by atoms with van der Waals surface area (Å²) in [6.07, 6.45) is 4.73. The van der Waals surface area contributed by atoms with Crippen molar-refractivity contribution < 1.29 is 13.8 Å². The molecule has 0 saturated carbocycles. The van der Waals surface area contributed by atoms with E-state index in [1.165, 1.54) is 11.0 Å². The Morgan fingerprint density at radius 2 is 1.57 bits per heavy atom. The number of likely N-dealkylation sites (N-methyl/N-ethyl adjacent to an activating group) is 2. The molecule has 0 aliphatic carbocycles. The SMILES string of the molecule is CN(CCc1ccccc1NS(=O)c1ccccc1)C(=O)[C@@H](Cc1ccc2ccccc2c1)N(C)C(=O)/C=C/CC(C)(C)N. The number of hydrogen-bond acceptors (Lipinski definition) is 4. The minimum Gasteiger partial charge on any atom is -0.344 e. The molecule has 3 N–H and O–H groups in total. The summed E-state index contributed by atoms with van der Waals surface area (Å²) in [6.45, 7) is 4.22. The van der Waals surface area contributed by atoms with Gasteiger partial charge >= 0.3 is 0 Å². The number of para-hydroxylation sites is 1. The predicted octanol–water partition coefficient (Wildman–Crippen LogP) is 5.73. The molecule has 4 rings (SSSR count). The van der Waals surface area contributed by atoms with E-state index < -0.39 is 22.6 Å². The number of rotatable bonds is 13. The predicted molar refractivity (Wildman–Crippen MR) is 180 cm³/mol. The second-order valence-electron chi connectivity index (χ2n) is 11.8. The van der Waals surface area contributed by atoms with Gasteiger partial charge in [-0.3, -0.25) is 9.59 Å². The van der Waals surface area contributed by atoms with Gasteiger partial charge in [-0.1, -0.05) is 84.9 Å². The van der Waals surface area contributed by atoms with Crippen LogP contribution in [0.4, 0.5) is 5.69 Å². The Hall–Kier alpha value is -4.27. The van der Waals surface area contributed by atoms with Gasteiger partial charge in [-0.2, -0.15) is 0 Å². The van der Waals surface area contributed by atoms with Crippen molar-refractivity contribution in [3.8, 4) is 0 Å². The topological polar surface area (TPSA) is 95.7 Å². The highest BCUT2D eigenvalue weighted by Crippen LogP contribution is 2.21. The fourth-order valence-electron chi connectivity index (χ4n) is 4.91. The Morgan fingerprint density at radius 3 is 2.30 bits per heavy atom. The smallest absolute Gasteiger partial charge is 0.246 e. The van der Waals surface area contributed by atoms with Gasteiger partial charge in [0.25, 0.3) is 0 Å². The van der Waals surface area contributed by atoms with E-state index in [1.807, 2.05) is 98.8 Å². The van der Waals surface area contributed by atoms with Crippen molar-refractivity contribution in [1.82, 2.24) is 9.80 Å². The number of anilines is 1. The van der Waals surface area contributed by atoms with Crippen LogP contribution in [-0.4, -0.2) is 58.0 Å². The summed E-state index contributed by atoms with van der Waals surface area (Å²) in [7, 11) is 2.02. The fourth-order valence-corrected chi connectivity index (χ4v) is 5.83. The van der Waals surface area contributed by atoms with Crippen molar-refractivity contribution in [1.29, 1.82) is 0 Å². The zero-order valence-corrected chi connectivity index (χ0v) is 26.7. The molecular formula is C36H42N4O3S. The Balaban J connectivity index is 1.51. The van der Waals surface area contributed by atoms with Gasteiger partial charge in [0.2, 0.25) is 11.8 Å². The summed E-state index contributed by atoms with van der Waals surface area (Å²) in [5.74, 6) is -0.403. The van der Waals surface area contributed by atoms with Crippen LogP contribution in [0.3, 0.4) is 0 Å². The molecule has 44 heavy (non-hydrogen) atoms. The van der Waals surface area contributed by atoms with Crippen molar-refractivity contribution in [3.63, 3.8) is 0 Å². The molecule has 2 amide bonds. The second-order valence-corrected chi connectivity index (χ2v) is 13.0. The number of carbonyl (C=O) groups is 2. The van der Waals surface area contributed by atoms with Gasteiger partial charge in [0.05, 0.1) is 4.90 Å². The van der Waals surface area contributed by atoms with Gasteiger partial charge < -0.3 is 20.3 Å². The van der Waals surface area contributed by atoms with E-state index in [4.69, 9.17) is 5.73 Å². The summed E-state index contributed by atoms with van der Waals surface area (Å²) in [5, 5.41) is 2.20. The first-order valence-corrected chi connectivity index (χ1v) is 15.9. The summed E-state index contributed by atoms with van der Waals surface area (Å²) in [6, 6.07) is 30.4. The van der Waals surface area contributed by atoms with E-state index >= 15 is 0 Å². The largest absolute Gasteiger partial charge is 0.344 e. The maximum Gasteiger partial charge on any atom is 0.246 e. The maximum absolute atomic E-state index is 14.0. The first-order valence-electron chi connectivity index (χ1n) is 14.8. The van der Waals surface area contributed by atoms with E-state index in [0.29, 0.717) is 30.7 Å². The van der Waals surface area contributed by atoms with Crippen LogP contribution in [0.5, 0.6) is 0 Å². The van der Waals surface area contributed by atoms with Gasteiger partial charge in [-0.25, -0.2) is 4.21 Å². The van der Waals surface area contributed by atoms with E-state index in [9.17, 15) is 13.8 Å². The molecule has 0 fully saturated rings. The highest BCUT2D eigenvalue weighted by atomic mass is 32.2. The first-order chi connectivity index (χ1) is 21.0. The monoisotopic (exact) mass is 610 g/mol. The van der Waals surface area contributed by atoms with Crippen LogP contribution in [0.25, 0.3) is 10.8 Å². The van der Waals surface area contributed by atoms with E-state index in [1.54, 1.807) is 25.1 Å². The van der Waals surface area contributed by atoms with Crippen LogP contribution in [-0.2, 0) is 33.4 Å². The number of carbonyl (C=O) groups excluding carboxylic acids is 2. The molecule has 8 heteroatoms. The molecule has 0 saturated heterocycles. The number of benzene rings is 4. The minimum atomic E-state index is -1.42. The van der Waals surface area contributed by atoms with Crippen LogP contribution in [0, 0.1) is 0 Å². The normalized spacial score (nSPS) is 13.0. The molecule has 230 valence electrons. The molecule has 2 atom stereocenters. The molecule has 0 radical (unpaired) electrons. The Bertz CT molecular complexity index is 1630. The third-order valence-electron chi connectivity index (χ3n) is 7.52. The molecule has 0 aliphatic heterocycles. The third-order valence-corrected chi connectivity index (χ3v) is 8.62. The standard InChI is InChI=1S/C36H42N4O3S/c1-36(2,37)23-12-19-34(41)40(4)33(26-27-20-21-28-13-8-9-15-30(28)25-27)35(42)39(3)24-22-29-14-10-11-18-32(29)38-44(43)31-16-6-5-7-17-31/h5-21,25,33,38H,22-24,26,37H2,1-4H3/b19-12+/t33-,44?/m1/s1. The number of nitrogens with one attached hydrogen (secondary N) is 1. The lowest BCUT2D eigenvalue weighted by Gasteiger charge is -2.31. The average Bonchev–Trinajstić information content (AvgIpc) is 3.02. The summed E-state index contributed by atoms with van der Waals surface area (Å²) in [4.78, 5) is 31.1. The fraction of sp³-hybridized carbons (Fsp3) is 0.278. The summed E-state index contributed by atoms with van der Waals surface area (Å²) >= 11 is 0. The molecule has 0 heterocycles. The molecule has 0 bridgehead atoms. The molecule has 4 aromatic rings. The summed E-state index contributed by atoms with van der Waals surface area (Å²) < 4.78 is 16.0. The Labute approximate surface area is 263 Å². The molecule has 0 spiro atoms. The van der Waals surface area contributed by atoms with Crippen molar-refractivity contribution in [3.05, 3.63) is 120 Å². The van der Waals surface area contributed by atoms with Gasteiger partial charge in [0.1, 0.15) is 17.0 Å². The van der Waals surface area contributed by atoms with Crippen molar-refractivity contribution in [2.45, 2.75) is 49.6 Å². The van der Waals surface area contributed by atoms with E-state index in [2.05, 4.69) is 16.9 Å². The van der Waals surface area contributed by atoms with Crippen molar-refractivity contribution >= 4 is 39.3 Å². The van der Waals surface area contributed by atoms with Crippen molar-refractivity contribution in [2.24, 2.45) is 5.73 Å². The van der Waals surface area contributed by atoms with Crippen LogP contribution in [0.15, 0.2) is 114 Å². The lowest BCUT2D eigenvalue weighted by molar-refractivity contribution is -0.141. The molecule has 0 aromatic heterocycles. The highest BCUT2D eigenvalue weighted by molar-refractivity contribution is 7.86. The molecule has 7 nitrogen and oxygen atoms in total. The van der Waals surface area contributed by atoms with Gasteiger partial charge in [-0.15, -0.1) is 0 Å². The Kier molecular flexibility index (Phi) is 11.1. The third kappa shape index (κ3) is 9.11. The van der Waals surface area contributed by atoms with Crippen LogP contribution < -0.4 is 10.5 Å². The van der Waals surface area contributed by atoms with Crippen LogP contribution in [0.2, 0.25) is 0 Å². The Morgan fingerprint density at radius 1 is 0.909 bits per heavy atom. The van der Waals surface area contributed by atoms with Gasteiger partial charge in [0.15, 0.2) is 0 Å². The maximum atomic E-state index is 14.0. The van der Waals surface area contributed by atoms with E-state index in [0.717, 1.165) is 27.6 Å². The number of nitrogens with two attached hydrogens (primary N) is 1. The van der Waals surface area contributed by atoms with Crippen LogP contribution in [0.1, 0.15) is 31.4 Å². The highest BCUT2D eigenvalue weighted by Gasteiger charge is 2.29. The summed E-state index contributed by atoms with van der Waals surface area (Å²) in [5.41, 5.74) is 8.32. The zero-order valence-electron chi connectivity index (χ0n) is 25.9. The second kappa shape index (κ2) is 14.9. The quantitative estimate of drug-likeness (QED) is 0.189. The zero-order chi connectivity index (χ0) is 31.7. The van der Waals surface area contributed by atoms with Crippen LogP contribution >= 0.6 is 0 Å². The minimum absolute atomic E-state index is 0.153. The van der Waals surface area contributed by atoms with Crippen molar-refractivity contribution in [2.75, 3.05) is 25.4 Å². The molecule has 1 unspecified atom stereocenters. The molecular weight excluding hydrogens is 568 g/mol. The number of fused-ring (bicyclic) bond motifs is 1. The first kappa shape index (κ1) is 32.6. The molecule has 0 aliphatic rings. The van der Waals surface area contributed by atoms with Gasteiger partial charge in [-0.05, 0) is 72.9 Å². The lowest BCUT2D eigenvalue weighted by Crippen LogP contribution is -2.49. The lowest BCUT2D eigenvalue weighted by atomic mass is 9.99. The average molecular weight is 611 g/mol. The number of nitrogens with zero attached hydrogens (tertiary/aromatic N) is 2. The van der Waals surface area contributed by atoms with Gasteiger partial charge in [0, 0.05) is 38.3 Å². The molecule has 4 aromatic carbocycles. The number of amides is 2. The number of hydrogen-bond donors (Lipinski definition) is 2.